The van der Waals surface area contributed by atoms with E-state index < -0.39 is 17.5 Å². The smallest absolute Gasteiger partial charge is 0.303 e. The molecule has 5 rings (SSSR count). The molecule has 2 aliphatic heterocycles. The zero-order valence-electron chi connectivity index (χ0n) is 17.6. The summed E-state index contributed by atoms with van der Waals surface area (Å²) in [5, 5.41) is 2.91. The third kappa shape index (κ3) is 3.20. The predicted molar refractivity (Wildman–Crippen MR) is 114 cm³/mol. The van der Waals surface area contributed by atoms with Crippen LogP contribution in [0.1, 0.15) is 60.9 Å². The van der Waals surface area contributed by atoms with Crippen molar-refractivity contribution in [3.05, 3.63) is 62.7 Å². The molecule has 2 atom stereocenters. The van der Waals surface area contributed by atoms with E-state index in [0.29, 0.717) is 31.8 Å². The molecule has 2 fully saturated rings. The number of nitroso groups, excluding NO2 is 1. The highest BCUT2D eigenvalue weighted by atomic mass is 16.5. The lowest BCUT2D eigenvalue weighted by atomic mass is 9.76. The van der Waals surface area contributed by atoms with Crippen molar-refractivity contribution in [3.8, 4) is 0 Å². The number of ether oxygens (including phenoxy) is 1. The molecule has 8 nitrogen and oxygen atoms in total. The molecule has 0 bridgehead atoms. The van der Waals surface area contributed by atoms with Gasteiger partial charge in [-0.1, -0.05) is 43.2 Å². The Morgan fingerprint density at radius 2 is 1.94 bits per heavy atom. The summed E-state index contributed by atoms with van der Waals surface area (Å²) < 4.78 is 7.61. The molecule has 1 aromatic heterocycles. The maximum Gasteiger partial charge on any atom is 0.303 e. The SMILES string of the molecule is C[C@@H]1CCO[C@H]2Cn3c(CC4(c5ccccc5)CCCC4)nc(=O)c(N=O)c3C(=O)N12. The van der Waals surface area contributed by atoms with Crippen LogP contribution in [0.4, 0.5) is 5.69 Å². The van der Waals surface area contributed by atoms with Gasteiger partial charge in [-0.3, -0.25) is 9.59 Å². The van der Waals surface area contributed by atoms with Gasteiger partial charge >= 0.3 is 5.56 Å². The first-order chi connectivity index (χ1) is 15.0. The van der Waals surface area contributed by atoms with E-state index in [-0.39, 0.29) is 23.1 Å². The lowest BCUT2D eigenvalue weighted by Gasteiger charge is -2.44. The molecule has 1 amide bonds. The lowest BCUT2D eigenvalue weighted by Crippen LogP contribution is -2.57. The molecule has 3 heterocycles. The van der Waals surface area contributed by atoms with Gasteiger partial charge in [0.05, 0.1) is 13.2 Å². The van der Waals surface area contributed by atoms with Crippen LogP contribution in [0.25, 0.3) is 0 Å². The van der Waals surface area contributed by atoms with E-state index in [1.807, 2.05) is 25.1 Å². The number of carbonyl (C=O) groups is 1. The Kier molecular flexibility index (Phi) is 4.97. The number of nitrogens with zero attached hydrogens (tertiary/aromatic N) is 4. The molecule has 1 aliphatic carbocycles. The summed E-state index contributed by atoms with van der Waals surface area (Å²) in [5.74, 6) is 0.159. The molecule has 31 heavy (non-hydrogen) atoms. The Hall–Kier alpha value is -2.87. The van der Waals surface area contributed by atoms with Crippen molar-refractivity contribution in [2.45, 2.75) is 69.7 Å². The van der Waals surface area contributed by atoms with Crippen LogP contribution in [0.2, 0.25) is 0 Å². The van der Waals surface area contributed by atoms with E-state index in [1.165, 1.54) is 5.56 Å². The fraction of sp³-hybridized carbons (Fsp3) is 0.522. The number of rotatable bonds is 4. The Balaban J connectivity index is 1.64. The second kappa shape index (κ2) is 7.67. The number of fused-ring (bicyclic) bond motifs is 2. The Bertz CT molecular complexity index is 1070. The molecule has 1 saturated carbocycles. The van der Waals surface area contributed by atoms with Crippen LogP contribution >= 0.6 is 0 Å². The van der Waals surface area contributed by atoms with Gasteiger partial charge in [-0.15, -0.1) is 4.91 Å². The van der Waals surface area contributed by atoms with Crippen molar-refractivity contribution in [2.75, 3.05) is 6.61 Å². The largest absolute Gasteiger partial charge is 0.356 e. The summed E-state index contributed by atoms with van der Waals surface area (Å²) in [6.07, 6.45) is 5.02. The lowest BCUT2D eigenvalue weighted by molar-refractivity contribution is -0.112. The third-order valence-electron chi connectivity index (χ3n) is 7.18. The minimum Gasteiger partial charge on any atom is -0.356 e. The molecule has 8 heteroatoms. The van der Waals surface area contributed by atoms with Crippen LogP contribution in [0.15, 0.2) is 40.3 Å². The molecule has 3 aliphatic rings. The first-order valence-electron chi connectivity index (χ1n) is 11.0. The molecule has 2 aromatic rings. The monoisotopic (exact) mass is 422 g/mol. The highest BCUT2D eigenvalue weighted by Crippen LogP contribution is 2.44. The van der Waals surface area contributed by atoms with Gasteiger partial charge in [-0.25, -0.2) is 0 Å². The number of aromatic nitrogens is 2. The Morgan fingerprint density at radius 1 is 1.19 bits per heavy atom. The van der Waals surface area contributed by atoms with Gasteiger partial charge in [0.25, 0.3) is 5.91 Å². The van der Waals surface area contributed by atoms with Crippen molar-refractivity contribution >= 4 is 11.6 Å². The second-order valence-corrected chi connectivity index (χ2v) is 8.94. The first kappa shape index (κ1) is 20.1. The molecule has 162 valence electrons. The van der Waals surface area contributed by atoms with Gasteiger partial charge in [0.15, 0.2) is 6.23 Å². The van der Waals surface area contributed by atoms with Crippen LogP contribution in [0, 0.1) is 4.91 Å². The van der Waals surface area contributed by atoms with E-state index in [1.54, 1.807) is 9.47 Å². The van der Waals surface area contributed by atoms with Crippen molar-refractivity contribution in [3.63, 3.8) is 0 Å². The molecular weight excluding hydrogens is 396 g/mol. The normalized spacial score (nSPS) is 24.5. The quantitative estimate of drug-likeness (QED) is 0.705. The average Bonchev–Trinajstić information content (AvgIpc) is 3.25. The van der Waals surface area contributed by atoms with E-state index in [4.69, 9.17) is 4.74 Å². The van der Waals surface area contributed by atoms with Crippen LogP contribution in [0.5, 0.6) is 0 Å². The van der Waals surface area contributed by atoms with E-state index >= 15 is 0 Å². The summed E-state index contributed by atoms with van der Waals surface area (Å²) in [6.45, 7) is 2.88. The van der Waals surface area contributed by atoms with Gasteiger partial charge in [0.2, 0.25) is 5.69 Å². The number of carbonyl (C=O) groups excluding carboxylic acids is 1. The molecule has 0 N–H and O–H groups in total. The number of hydrogen-bond donors (Lipinski definition) is 0. The number of benzene rings is 1. The van der Waals surface area contributed by atoms with E-state index in [0.717, 1.165) is 25.7 Å². The van der Waals surface area contributed by atoms with Crippen LogP contribution in [-0.4, -0.2) is 39.2 Å². The first-order valence-corrected chi connectivity index (χ1v) is 11.0. The summed E-state index contributed by atoms with van der Waals surface area (Å²) in [5.41, 5.74) is 0.0122. The average molecular weight is 422 g/mol. The van der Waals surface area contributed by atoms with Crippen molar-refractivity contribution in [1.29, 1.82) is 0 Å². The maximum absolute atomic E-state index is 13.4. The highest BCUT2D eigenvalue weighted by Gasteiger charge is 2.43. The van der Waals surface area contributed by atoms with Crippen molar-refractivity contribution in [2.24, 2.45) is 5.18 Å². The zero-order chi connectivity index (χ0) is 21.6. The summed E-state index contributed by atoms with van der Waals surface area (Å²) in [6, 6.07) is 10.3. The summed E-state index contributed by atoms with van der Waals surface area (Å²) in [4.78, 5) is 43.5. The third-order valence-corrected chi connectivity index (χ3v) is 7.18. The van der Waals surface area contributed by atoms with Crippen molar-refractivity contribution < 1.29 is 9.53 Å². The second-order valence-electron chi connectivity index (χ2n) is 8.94. The standard InChI is InChI=1S/C23H26N4O4/c1-15-9-12-31-18-14-26-17(24-21(28)19(25-30)20(26)22(29)27(15)18)13-23(10-5-6-11-23)16-7-3-2-4-8-16/h2-4,7-8,15,18H,5-6,9-14H2,1H3/t15-,18+/m1/s1. The van der Waals surface area contributed by atoms with Gasteiger partial charge in [-0.2, -0.15) is 4.98 Å². The topological polar surface area (TPSA) is 93.9 Å². The van der Waals surface area contributed by atoms with Gasteiger partial charge < -0.3 is 14.2 Å². The molecule has 1 aromatic carbocycles. The van der Waals surface area contributed by atoms with Crippen LogP contribution < -0.4 is 5.56 Å². The molecule has 0 spiro atoms. The maximum atomic E-state index is 13.4. The van der Waals surface area contributed by atoms with Crippen molar-refractivity contribution in [1.82, 2.24) is 14.5 Å². The fourth-order valence-corrected chi connectivity index (χ4v) is 5.56. The van der Waals surface area contributed by atoms with Gasteiger partial charge in [0, 0.05) is 17.9 Å². The predicted octanol–water partition coefficient (Wildman–Crippen LogP) is 3.29. The van der Waals surface area contributed by atoms with Crippen LogP contribution in [0.3, 0.4) is 0 Å². The van der Waals surface area contributed by atoms with E-state index in [2.05, 4.69) is 22.3 Å². The van der Waals surface area contributed by atoms with Gasteiger partial charge in [-0.05, 0) is 36.9 Å². The fourth-order valence-electron chi connectivity index (χ4n) is 5.56. The Labute approximate surface area is 180 Å². The zero-order valence-corrected chi connectivity index (χ0v) is 17.6. The molecule has 1 saturated heterocycles. The van der Waals surface area contributed by atoms with Crippen LogP contribution in [-0.2, 0) is 23.1 Å². The van der Waals surface area contributed by atoms with E-state index in [9.17, 15) is 14.5 Å². The number of hydrogen-bond acceptors (Lipinski definition) is 6. The summed E-state index contributed by atoms with van der Waals surface area (Å²) >= 11 is 0. The highest BCUT2D eigenvalue weighted by molar-refractivity contribution is 5.98. The minimum atomic E-state index is -0.727. The molecule has 0 unspecified atom stereocenters. The Morgan fingerprint density at radius 3 is 2.65 bits per heavy atom. The number of amides is 1. The van der Waals surface area contributed by atoms with Gasteiger partial charge in [0.1, 0.15) is 11.5 Å². The molecule has 0 radical (unpaired) electrons. The summed E-state index contributed by atoms with van der Waals surface area (Å²) in [7, 11) is 0. The minimum absolute atomic E-state index is 0.0308. The molecular formula is C23H26N4O4.